The predicted octanol–water partition coefficient (Wildman–Crippen LogP) is 2.91. The third-order valence-electron chi connectivity index (χ3n) is 4.12. The SMILES string of the molecule is CCCCNC(=O)Nc1ncc2c(=O)n(-c3ccc(F)cc3F)[nH]c2c1C=N. The molecule has 4 N–H and O–H groups in total. The second-order valence-electron chi connectivity index (χ2n) is 6.04. The van der Waals surface area contributed by atoms with Crippen LogP contribution in [0.4, 0.5) is 19.4 Å². The van der Waals surface area contributed by atoms with Gasteiger partial charge in [-0.05, 0) is 18.6 Å². The minimum absolute atomic E-state index is 0.0736. The van der Waals surface area contributed by atoms with E-state index in [1.165, 1.54) is 6.20 Å². The molecule has 28 heavy (non-hydrogen) atoms. The van der Waals surface area contributed by atoms with Crippen molar-refractivity contribution in [1.82, 2.24) is 20.1 Å². The molecule has 3 aromatic rings. The average Bonchev–Trinajstić information content (AvgIpc) is 2.98. The summed E-state index contributed by atoms with van der Waals surface area (Å²) < 4.78 is 28.1. The highest BCUT2D eigenvalue weighted by Gasteiger charge is 2.18. The normalized spacial score (nSPS) is 10.8. The Hall–Kier alpha value is -3.56. The van der Waals surface area contributed by atoms with Crippen LogP contribution in [0.1, 0.15) is 25.3 Å². The lowest BCUT2D eigenvalue weighted by molar-refractivity contribution is 0.252. The van der Waals surface area contributed by atoms with Crippen molar-refractivity contribution in [2.45, 2.75) is 19.8 Å². The molecule has 0 atom stereocenters. The van der Waals surface area contributed by atoms with Gasteiger partial charge in [0.2, 0.25) is 0 Å². The van der Waals surface area contributed by atoms with Crippen LogP contribution in [0.2, 0.25) is 0 Å². The molecule has 0 radical (unpaired) electrons. The number of rotatable bonds is 6. The Morgan fingerprint density at radius 3 is 2.86 bits per heavy atom. The van der Waals surface area contributed by atoms with Crippen LogP contribution in [-0.4, -0.2) is 33.6 Å². The number of hydrogen-bond acceptors (Lipinski definition) is 4. The second-order valence-corrected chi connectivity index (χ2v) is 6.04. The molecule has 0 aliphatic heterocycles. The summed E-state index contributed by atoms with van der Waals surface area (Å²) in [6.45, 7) is 2.48. The number of nitrogens with one attached hydrogen (secondary N) is 4. The molecule has 10 heteroatoms. The van der Waals surface area contributed by atoms with Crippen LogP contribution < -0.4 is 16.2 Å². The standard InChI is InChI=1S/C18H18F2N6O2/c1-2-3-6-22-18(28)24-16-11(8-21)15-12(9-23-16)17(27)26(25-15)14-5-4-10(19)7-13(14)20/h4-5,7-9,21,25H,2-3,6H2,1H3,(H2,22,23,24,28). The van der Waals surface area contributed by atoms with Crippen molar-refractivity contribution in [3.63, 3.8) is 0 Å². The van der Waals surface area contributed by atoms with Crippen molar-refractivity contribution < 1.29 is 13.6 Å². The van der Waals surface area contributed by atoms with Gasteiger partial charge in [-0.15, -0.1) is 0 Å². The highest BCUT2D eigenvalue weighted by Crippen LogP contribution is 2.21. The minimum Gasteiger partial charge on any atom is -0.338 e. The van der Waals surface area contributed by atoms with E-state index in [2.05, 4.69) is 20.7 Å². The molecule has 0 aliphatic rings. The molecular formula is C18H18F2N6O2. The molecule has 2 aromatic heterocycles. The zero-order valence-corrected chi connectivity index (χ0v) is 15.0. The molecule has 2 amide bonds. The molecule has 2 heterocycles. The molecular weight excluding hydrogens is 370 g/mol. The lowest BCUT2D eigenvalue weighted by Gasteiger charge is -2.09. The van der Waals surface area contributed by atoms with Gasteiger partial charge in [-0.25, -0.2) is 23.2 Å². The van der Waals surface area contributed by atoms with Crippen LogP contribution in [0.3, 0.4) is 0 Å². The number of pyridine rings is 1. The largest absolute Gasteiger partial charge is 0.338 e. The number of aromatic nitrogens is 3. The van der Waals surface area contributed by atoms with E-state index in [4.69, 9.17) is 5.41 Å². The summed E-state index contributed by atoms with van der Waals surface area (Å²) in [4.78, 5) is 28.6. The molecule has 0 unspecified atom stereocenters. The minimum atomic E-state index is -0.924. The number of hydrogen-bond donors (Lipinski definition) is 4. The average molecular weight is 388 g/mol. The number of fused-ring (bicyclic) bond motifs is 1. The lowest BCUT2D eigenvalue weighted by Crippen LogP contribution is -2.30. The molecule has 146 valence electrons. The fourth-order valence-corrected chi connectivity index (χ4v) is 2.70. The third-order valence-corrected chi connectivity index (χ3v) is 4.12. The van der Waals surface area contributed by atoms with Crippen LogP contribution >= 0.6 is 0 Å². The highest BCUT2D eigenvalue weighted by molar-refractivity contribution is 6.04. The number of amides is 2. The number of aromatic amines is 1. The van der Waals surface area contributed by atoms with Gasteiger partial charge in [-0.1, -0.05) is 13.3 Å². The molecule has 0 saturated carbocycles. The summed E-state index contributed by atoms with van der Waals surface area (Å²) in [5.41, 5.74) is -0.440. The Balaban J connectivity index is 2.03. The highest BCUT2D eigenvalue weighted by atomic mass is 19.1. The molecule has 0 fully saturated rings. The van der Waals surface area contributed by atoms with Gasteiger partial charge in [0.15, 0.2) is 5.82 Å². The Kier molecular flexibility index (Phi) is 5.48. The lowest BCUT2D eigenvalue weighted by atomic mass is 10.2. The van der Waals surface area contributed by atoms with Crippen LogP contribution in [-0.2, 0) is 0 Å². The van der Waals surface area contributed by atoms with Gasteiger partial charge in [0.05, 0.1) is 16.5 Å². The van der Waals surface area contributed by atoms with E-state index in [0.29, 0.717) is 12.6 Å². The monoisotopic (exact) mass is 388 g/mol. The third kappa shape index (κ3) is 3.61. The van der Waals surface area contributed by atoms with E-state index in [-0.39, 0.29) is 28.0 Å². The number of benzene rings is 1. The van der Waals surface area contributed by atoms with Gasteiger partial charge < -0.3 is 10.7 Å². The zero-order chi connectivity index (χ0) is 20.3. The van der Waals surface area contributed by atoms with Crippen molar-refractivity contribution in [3.05, 3.63) is 51.9 Å². The van der Waals surface area contributed by atoms with E-state index < -0.39 is 23.2 Å². The summed E-state index contributed by atoms with van der Waals surface area (Å²) >= 11 is 0. The van der Waals surface area contributed by atoms with Gasteiger partial charge >= 0.3 is 6.03 Å². The van der Waals surface area contributed by atoms with Crippen LogP contribution in [0.25, 0.3) is 16.6 Å². The van der Waals surface area contributed by atoms with Crippen LogP contribution in [0, 0.1) is 17.0 Å². The summed E-state index contributed by atoms with van der Waals surface area (Å²) in [5, 5.41) is 15.6. The Morgan fingerprint density at radius 2 is 2.18 bits per heavy atom. The van der Waals surface area contributed by atoms with E-state index in [1.807, 2.05) is 6.92 Å². The number of urea groups is 1. The fourth-order valence-electron chi connectivity index (χ4n) is 2.70. The Morgan fingerprint density at radius 1 is 1.39 bits per heavy atom. The molecule has 0 spiro atoms. The van der Waals surface area contributed by atoms with E-state index in [1.54, 1.807) is 0 Å². The molecule has 1 aromatic carbocycles. The molecule has 3 rings (SSSR count). The second kappa shape index (κ2) is 7.99. The maximum Gasteiger partial charge on any atom is 0.320 e. The first-order chi connectivity index (χ1) is 13.5. The number of halogens is 2. The van der Waals surface area contributed by atoms with E-state index in [9.17, 15) is 18.4 Å². The quantitative estimate of drug-likeness (QED) is 0.384. The van der Waals surface area contributed by atoms with Gasteiger partial charge in [-0.3, -0.25) is 15.2 Å². The van der Waals surface area contributed by atoms with Crippen LogP contribution in [0.15, 0.2) is 29.2 Å². The van der Waals surface area contributed by atoms with Gasteiger partial charge in [-0.2, -0.15) is 0 Å². The van der Waals surface area contributed by atoms with Crippen molar-refractivity contribution in [2.75, 3.05) is 11.9 Å². The molecule has 0 bridgehead atoms. The smallest absolute Gasteiger partial charge is 0.320 e. The number of nitrogens with zero attached hydrogens (tertiary/aromatic N) is 2. The summed E-state index contributed by atoms with van der Waals surface area (Å²) in [7, 11) is 0. The van der Waals surface area contributed by atoms with E-state index in [0.717, 1.165) is 35.9 Å². The number of carbonyl (C=O) groups excluding carboxylic acids is 1. The van der Waals surface area contributed by atoms with Crippen LogP contribution in [0.5, 0.6) is 0 Å². The first-order valence-electron chi connectivity index (χ1n) is 8.60. The summed E-state index contributed by atoms with van der Waals surface area (Å²) in [6, 6.07) is 2.32. The Labute approximate surface area is 158 Å². The van der Waals surface area contributed by atoms with Gasteiger partial charge in [0, 0.05) is 25.0 Å². The van der Waals surface area contributed by atoms with Gasteiger partial charge in [0.25, 0.3) is 5.56 Å². The number of unbranched alkanes of at least 4 members (excludes halogenated alkanes) is 1. The maximum atomic E-state index is 14.1. The first-order valence-corrected chi connectivity index (χ1v) is 8.60. The zero-order valence-electron chi connectivity index (χ0n) is 15.0. The van der Waals surface area contributed by atoms with Crippen molar-refractivity contribution >= 4 is 29.0 Å². The van der Waals surface area contributed by atoms with Crippen molar-refractivity contribution in [3.8, 4) is 5.69 Å². The number of H-pyrrole nitrogens is 1. The fraction of sp³-hybridized carbons (Fsp3) is 0.222. The summed E-state index contributed by atoms with van der Waals surface area (Å²) in [6.07, 6.45) is 3.89. The predicted molar refractivity (Wildman–Crippen MR) is 101 cm³/mol. The van der Waals surface area contributed by atoms with E-state index >= 15 is 0 Å². The van der Waals surface area contributed by atoms with Crippen molar-refractivity contribution in [2.24, 2.45) is 0 Å². The topological polar surface area (TPSA) is 116 Å². The summed E-state index contributed by atoms with van der Waals surface area (Å²) in [5.74, 6) is -1.62. The molecule has 0 aliphatic carbocycles. The van der Waals surface area contributed by atoms with Gasteiger partial charge in [0.1, 0.15) is 17.3 Å². The maximum absolute atomic E-state index is 14.1. The van der Waals surface area contributed by atoms with Crippen molar-refractivity contribution in [1.29, 1.82) is 5.41 Å². The number of carbonyl (C=O) groups is 1. The Bertz CT molecular complexity index is 1110. The molecule has 0 saturated heterocycles. The first kappa shape index (κ1) is 19.2. The number of anilines is 1. The molecule has 8 nitrogen and oxygen atoms in total.